The Hall–Kier alpha value is -3.19. The van der Waals surface area contributed by atoms with Crippen molar-refractivity contribution >= 4 is 40.6 Å². The molecule has 43 heavy (non-hydrogen) atoms. The highest BCUT2D eigenvalue weighted by Crippen LogP contribution is 2.34. The average molecular weight is 617 g/mol. The van der Waals surface area contributed by atoms with E-state index in [1.807, 2.05) is 86.6 Å². The number of allylic oxidation sites excluding steroid dienone is 1. The van der Waals surface area contributed by atoms with E-state index in [1.54, 1.807) is 12.1 Å². The monoisotopic (exact) mass is 616 g/mol. The summed E-state index contributed by atoms with van der Waals surface area (Å²) in [6.45, 7) is 18.4. The summed E-state index contributed by atoms with van der Waals surface area (Å²) in [4.78, 5) is 38.6. The first kappa shape index (κ1) is 37.8. The minimum atomic E-state index is -3.01. The van der Waals surface area contributed by atoms with Crippen molar-refractivity contribution in [1.29, 1.82) is 0 Å². The van der Waals surface area contributed by atoms with Gasteiger partial charge in [-0.15, -0.1) is 0 Å². The molecule has 0 saturated carbocycles. The van der Waals surface area contributed by atoms with Crippen molar-refractivity contribution in [2.24, 2.45) is 22.7 Å². The van der Waals surface area contributed by atoms with Crippen molar-refractivity contribution in [3.8, 4) is 0 Å². The number of amides is 2. The highest BCUT2D eigenvalue weighted by molar-refractivity contribution is 6.32. The smallest absolute Gasteiger partial charge is 0.271 e. The van der Waals surface area contributed by atoms with Crippen molar-refractivity contribution in [2.75, 3.05) is 0 Å². The largest absolute Gasteiger partial charge is 0.296 e. The number of aliphatic imine (C=N–C) groups is 1. The second-order valence-electron chi connectivity index (χ2n) is 11.0. The number of aryl methyl sites for hydroxylation is 1. The Balaban J connectivity index is 0.000000707. The molecule has 5 nitrogen and oxygen atoms in total. The summed E-state index contributed by atoms with van der Waals surface area (Å²) in [5.41, 5.74) is 4.66. The van der Waals surface area contributed by atoms with Crippen LogP contribution in [0.1, 0.15) is 115 Å². The van der Waals surface area contributed by atoms with Gasteiger partial charge in [0.15, 0.2) is 5.78 Å². The van der Waals surface area contributed by atoms with Gasteiger partial charge in [-0.05, 0) is 48.9 Å². The number of nitrogens with one attached hydrogen (secondary N) is 1. The quantitative estimate of drug-likeness (QED) is 0.182. The second kappa shape index (κ2) is 17.2. The van der Waals surface area contributed by atoms with Gasteiger partial charge in [-0.25, -0.2) is 8.78 Å². The SMILES string of the molecule is C/C=C(\N=C(c1ccc(C(C)(F)F)c(Cl)c1)C(C)C)c1ccc(C(=O)C(C)C)c(CC)c1.CC.CC1CCC(=O)NC1=O. The molecule has 8 heteroatoms. The van der Waals surface area contributed by atoms with E-state index in [1.165, 1.54) is 6.07 Å². The predicted molar refractivity (Wildman–Crippen MR) is 174 cm³/mol. The molecule has 1 saturated heterocycles. The van der Waals surface area contributed by atoms with E-state index in [0.29, 0.717) is 18.4 Å². The molecule has 2 aromatic rings. The van der Waals surface area contributed by atoms with Crippen LogP contribution in [0.2, 0.25) is 5.02 Å². The fourth-order valence-electron chi connectivity index (χ4n) is 4.38. The van der Waals surface area contributed by atoms with Gasteiger partial charge in [-0.1, -0.05) is 97.3 Å². The molecule has 3 rings (SSSR count). The Bertz CT molecular complexity index is 1340. The molecular weight excluding hydrogens is 570 g/mol. The van der Waals surface area contributed by atoms with E-state index in [2.05, 4.69) is 5.32 Å². The lowest BCUT2D eigenvalue weighted by Crippen LogP contribution is -2.39. The molecule has 1 fully saturated rings. The van der Waals surface area contributed by atoms with Crippen LogP contribution in [-0.2, 0) is 21.9 Å². The number of halogens is 3. The van der Waals surface area contributed by atoms with Crippen molar-refractivity contribution in [3.05, 3.63) is 75.3 Å². The van der Waals surface area contributed by atoms with Crippen molar-refractivity contribution < 1.29 is 23.2 Å². The van der Waals surface area contributed by atoms with Crippen LogP contribution in [0.5, 0.6) is 0 Å². The number of piperidine rings is 1. The summed E-state index contributed by atoms with van der Waals surface area (Å²) in [6, 6.07) is 10.4. The lowest BCUT2D eigenvalue weighted by Gasteiger charge is -2.17. The van der Waals surface area contributed by atoms with E-state index in [9.17, 15) is 23.2 Å². The Morgan fingerprint density at radius 2 is 1.67 bits per heavy atom. The Kier molecular flexibility index (Phi) is 15.1. The van der Waals surface area contributed by atoms with Gasteiger partial charge < -0.3 is 0 Å². The van der Waals surface area contributed by atoms with Crippen LogP contribution in [0, 0.1) is 17.8 Å². The van der Waals surface area contributed by atoms with Crippen molar-refractivity contribution in [3.63, 3.8) is 0 Å². The van der Waals surface area contributed by atoms with Crippen LogP contribution in [-0.4, -0.2) is 23.3 Å². The first-order valence-corrected chi connectivity index (χ1v) is 15.4. The third-order valence-corrected chi connectivity index (χ3v) is 7.20. The van der Waals surface area contributed by atoms with Crippen LogP contribution in [0.25, 0.3) is 5.70 Å². The van der Waals surface area contributed by atoms with Crippen LogP contribution >= 0.6 is 11.6 Å². The second-order valence-corrected chi connectivity index (χ2v) is 11.4. The number of benzene rings is 2. The lowest BCUT2D eigenvalue weighted by atomic mass is 9.92. The topological polar surface area (TPSA) is 75.6 Å². The summed E-state index contributed by atoms with van der Waals surface area (Å²) >= 11 is 6.18. The molecule has 236 valence electrons. The molecule has 2 aromatic carbocycles. The highest BCUT2D eigenvalue weighted by atomic mass is 35.5. The van der Waals surface area contributed by atoms with Gasteiger partial charge in [0.05, 0.1) is 16.4 Å². The average Bonchev–Trinajstić information content (AvgIpc) is 2.95. The molecule has 0 bridgehead atoms. The molecule has 1 aliphatic rings. The van der Waals surface area contributed by atoms with Crippen LogP contribution < -0.4 is 5.32 Å². The third-order valence-electron chi connectivity index (χ3n) is 6.89. The zero-order valence-corrected chi connectivity index (χ0v) is 28.0. The molecule has 1 N–H and O–H groups in total. The maximum absolute atomic E-state index is 13.8. The molecule has 2 amide bonds. The van der Waals surface area contributed by atoms with Crippen molar-refractivity contribution in [1.82, 2.24) is 5.32 Å². The Labute approximate surface area is 261 Å². The summed E-state index contributed by atoms with van der Waals surface area (Å²) in [7, 11) is 0. The number of alkyl halides is 2. The number of carbonyl (C=O) groups excluding carboxylic acids is 3. The maximum Gasteiger partial charge on any atom is 0.271 e. The van der Waals surface area contributed by atoms with Gasteiger partial charge in [-0.2, -0.15) is 0 Å². The number of rotatable bonds is 8. The van der Waals surface area contributed by atoms with Crippen LogP contribution in [0.3, 0.4) is 0 Å². The number of carbonyl (C=O) groups is 3. The van der Waals surface area contributed by atoms with E-state index >= 15 is 0 Å². The molecule has 0 aliphatic carbocycles. The summed E-state index contributed by atoms with van der Waals surface area (Å²) in [5, 5.41) is 2.27. The first-order valence-electron chi connectivity index (χ1n) is 15.0. The zero-order chi connectivity index (χ0) is 33.1. The third kappa shape index (κ3) is 10.8. The van der Waals surface area contributed by atoms with Gasteiger partial charge >= 0.3 is 0 Å². The predicted octanol–water partition coefficient (Wildman–Crippen LogP) is 9.44. The van der Waals surface area contributed by atoms with E-state index in [4.69, 9.17) is 16.6 Å². The van der Waals surface area contributed by atoms with Gasteiger partial charge in [0.2, 0.25) is 11.8 Å². The number of nitrogens with zero attached hydrogens (tertiary/aromatic N) is 1. The molecule has 0 aromatic heterocycles. The highest BCUT2D eigenvalue weighted by Gasteiger charge is 2.28. The van der Waals surface area contributed by atoms with Gasteiger partial charge in [0.1, 0.15) is 0 Å². The minimum absolute atomic E-state index is 0.0164. The van der Waals surface area contributed by atoms with E-state index in [-0.39, 0.29) is 45.9 Å². The molecule has 0 radical (unpaired) electrons. The Morgan fingerprint density at radius 1 is 1.07 bits per heavy atom. The normalized spacial score (nSPS) is 15.8. The summed E-state index contributed by atoms with van der Waals surface area (Å²) in [5.74, 6) is -3.16. The van der Waals surface area contributed by atoms with Gasteiger partial charge in [-0.3, -0.25) is 24.7 Å². The molecular formula is C35H47ClF2N2O3. The molecule has 0 spiro atoms. The number of imide groups is 1. The molecule has 1 aliphatic heterocycles. The number of ketones is 1. The Morgan fingerprint density at radius 3 is 2.12 bits per heavy atom. The number of hydrogen-bond acceptors (Lipinski definition) is 4. The number of Topliss-reactive ketones (excluding diaryl/α,β-unsaturated/α-hetero) is 1. The number of hydrogen-bond donors (Lipinski definition) is 1. The minimum Gasteiger partial charge on any atom is -0.296 e. The maximum atomic E-state index is 13.8. The standard InChI is InChI=1S/C27H32ClF2NO.C6H9NO2.C2H6/c1-8-18-14-19(10-12-21(18)26(32)17(5)6)24(9-2)31-25(16(3)4)20-11-13-22(23(28)15-20)27(7,29)30;1-4-2-3-5(8)7-6(4)9;1-2/h9-17H,8H2,1-7H3;4H,2-3H2,1H3,(H,7,8,9);1-2H3/b24-9-,31-25?;;. The van der Waals surface area contributed by atoms with E-state index in [0.717, 1.165) is 41.4 Å². The molecule has 1 unspecified atom stereocenters. The first-order chi connectivity index (χ1) is 20.1. The van der Waals surface area contributed by atoms with Crippen LogP contribution in [0.4, 0.5) is 8.78 Å². The summed E-state index contributed by atoms with van der Waals surface area (Å²) < 4.78 is 27.5. The van der Waals surface area contributed by atoms with Gasteiger partial charge in [0, 0.05) is 41.9 Å². The van der Waals surface area contributed by atoms with Crippen LogP contribution in [0.15, 0.2) is 47.5 Å². The fourth-order valence-corrected chi connectivity index (χ4v) is 4.73. The molecule has 1 atom stereocenters. The fraction of sp³-hybridized carbons (Fsp3) is 0.486. The molecule has 1 heterocycles. The van der Waals surface area contributed by atoms with Gasteiger partial charge in [0.25, 0.3) is 5.92 Å². The van der Waals surface area contributed by atoms with E-state index < -0.39 is 5.92 Å². The van der Waals surface area contributed by atoms with Crippen molar-refractivity contribution in [2.45, 2.75) is 94.4 Å². The zero-order valence-electron chi connectivity index (χ0n) is 27.2. The summed E-state index contributed by atoms with van der Waals surface area (Å²) in [6.07, 6.45) is 3.84. The lowest BCUT2D eigenvalue weighted by molar-refractivity contribution is -0.135.